The predicted molar refractivity (Wildman–Crippen MR) is 132 cm³/mol. The number of amidine groups is 1. The lowest BCUT2D eigenvalue weighted by molar-refractivity contribution is 0.144. The standard InChI is InChI=1S/C24H29N5O4S/c1-24(2)21(30)15-11-13(7-8-19(15)34(24,32)33)28-22(25)20-17(9-10-26-23(20)31)29-16-6-4-3-5-14(16)18-12-27-18/h7-11,14,16,21,30H,3-6,12H2,1-2H3,(H2,25,28)(H2,26,29,31)/t14-,16-,21?/m0/s1. The van der Waals surface area contributed by atoms with Crippen LogP contribution in [0.1, 0.15) is 56.8 Å². The Morgan fingerprint density at radius 2 is 2.00 bits per heavy atom. The lowest BCUT2D eigenvalue weighted by Gasteiger charge is -2.31. The molecule has 2 aromatic rings. The van der Waals surface area contributed by atoms with E-state index in [0.29, 0.717) is 17.3 Å². The first kappa shape index (κ1) is 22.8. The number of nitrogens with two attached hydrogens (primary N) is 1. The molecule has 1 aromatic carbocycles. The maximum atomic E-state index is 12.8. The molecule has 5 N–H and O–H groups in total. The summed E-state index contributed by atoms with van der Waals surface area (Å²) in [6.07, 6.45) is 4.74. The van der Waals surface area contributed by atoms with Gasteiger partial charge in [0, 0.05) is 29.4 Å². The molecule has 1 unspecified atom stereocenters. The summed E-state index contributed by atoms with van der Waals surface area (Å²) >= 11 is 0. The van der Waals surface area contributed by atoms with Gasteiger partial charge in [0.1, 0.15) is 16.1 Å². The molecule has 0 bridgehead atoms. The molecule has 34 heavy (non-hydrogen) atoms. The largest absolute Gasteiger partial charge is 0.387 e. The third kappa shape index (κ3) is 3.65. The van der Waals surface area contributed by atoms with Crippen LogP contribution < -0.4 is 16.6 Å². The van der Waals surface area contributed by atoms with Gasteiger partial charge in [0.15, 0.2) is 9.84 Å². The van der Waals surface area contributed by atoms with E-state index in [-0.39, 0.29) is 33.5 Å². The number of fused-ring (bicyclic) bond motifs is 1. The fraction of sp³-hybridized carbons (Fsp3) is 0.458. The minimum Gasteiger partial charge on any atom is -0.387 e. The molecule has 1 aromatic heterocycles. The number of sulfone groups is 1. The number of aliphatic hydroxyl groups excluding tert-OH is 1. The van der Waals surface area contributed by atoms with E-state index in [9.17, 15) is 18.3 Å². The minimum absolute atomic E-state index is 0.00928. The molecular formula is C24H29N5O4S. The summed E-state index contributed by atoms with van der Waals surface area (Å²) in [5, 5.41) is 14.1. The van der Waals surface area contributed by atoms with Crippen molar-refractivity contribution < 1.29 is 13.5 Å². The molecule has 1 aliphatic carbocycles. The number of rotatable bonds is 5. The van der Waals surface area contributed by atoms with Crippen LogP contribution in [0.3, 0.4) is 0 Å². The molecule has 0 radical (unpaired) electrons. The molecule has 10 heteroatoms. The second kappa shape index (κ2) is 8.06. The monoisotopic (exact) mass is 483 g/mol. The van der Waals surface area contributed by atoms with Gasteiger partial charge in [-0.2, -0.15) is 0 Å². The van der Waals surface area contributed by atoms with Gasteiger partial charge in [-0.15, -0.1) is 0 Å². The summed E-state index contributed by atoms with van der Waals surface area (Å²) in [4.78, 5) is 24.3. The Hall–Kier alpha value is -2.98. The number of aliphatic imine (C=N–C) groups is 2. The highest BCUT2D eigenvalue weighted by Gasteiger charge is 2.51. The zero-order valence-electron chi connectivity index (χ0n) is 19.2. The average molecular weight is 484 g/mol. The van der Waals surface area contributed by atoms with Crippen LogP contribution in [0.5, 0.6) is 0 Å². The molecule has 3 heterocycles. The van der Waals surface area contributed by atoms with Crippen molar-refractivity contribution in [1.82, 2.24) is 4.98 Å². The van der Waals surface area contributed by atoms with Gasteiger partial charge in [0.05, 0.1) is 28.9 Å². The van der Waals surface area contributed by atoms with Crippen molar-refractivity contribution in [3.63, 3.8) is 0 Å². The normalized spacial score (nSPS) is 27.1. The van der Waals surface area contributed by atoms with E-state index in [1.54, 1.807) is 12.3 Å². The van der Waals surface area contributed by atoms with E-state index in [4.69, 9.17) is 5.73 Å². The summed E-state index contributed by atoms with van der Waals surface area (Å²) in [5.74, 6) is 0.373. The Morgan fingerprint density at radius 3 is 2.74 bits per heavy atom. The topological polar surface area (TPSA) is 150 Å². The predicted octanol–water partition coefficient (Wildman–Crippen LogP) is 2.44. The molecule has 0 amide bonds. The first-order chi connectivity index (χ1) is 16.1. The maximum absolute atomic E-state index is 12.8. The smallest absolute Gasteiger partial charge is 0.261 e. The minimum atomic E-state index is -3.67. The van der Waals surface area contributed by atoms with E-state index >= 15 is 0 Å². The summed E-state index contributed by atoms with van der Waals surface area (Å²) in [6, 6.07) is 6.44. The number of hydrogen-bond donors (Lipinski definition) is 4. The van der Waals surface area contributed by atoms with Crippen LogP contribution in [-0.2, 0) is 9.84 Å². The second-order valence-corrected chi connectivity index (χ2v) is 12.3. The van der Waals surface area contributed by atoms with Gasteiger partial charge in [-0.25, -0.2) is 13.4 Å². The second-order valence-electron chi connectivity index (χ2n) is 9.77. The SMILES string of the molecule is CC1(C)C(O)c2cc(N=C(N)c3c(N[C@H]4CCCC[C@@H]4C4=NC4)cc[nH]c3=O)ccc2S1(=O)=O. The zero-order chi connectivity index (χ0) is 24.3. The molecule has 9 nitrogen and oxygen atoms in total. The van der Waals surface area contributed by atoms with Crippen molar-refractivity contribution in [2.24, 2.45) is 21.6 Å². The van der Waals surface area contributed by atoms with Crippen LogP contribution in [0.4, 0.5) is 11.4 Å². The van der Waals surface area contributed by atoms with E-state index in [1.807, 2.05) is 0 Å². The number of anilines is 1. The number of H-pyrrole nitrogens is 1. The van der Waals surface area contributed by atoms with E-state index in [2.05, 4.69) is 20.3 Å². The highest BCUT2D eigenvalue weighted by Crippen LogP contribution is 2.47. The van der Waals surface area contributed by atoms with Crippen LogP contribution in [-0.4, -0.2) is 47.4 Å². The number of hydrogen-bond acceptors (Lipinski definition) is 7. The maximum Gasteiger partial charge on any atom is 0.261 e. The molecule has 0 saturated heterocycles. The van der Waals surface area contributed by atoms with E-state index in [1.165, 1.54) is 44.2 Å². The van der Waals surface area contributed by atoms with Crippen molar-refractivity contribution in [3.8, 4) is 0 Å². The number of aliphatic hydroxyl groups is 1. The quantitative estimate of drug-likeness (QED) is 0.379. The van der Waals surface area contributed by atoms with Gasteiger partial charge in [0.2, 0.25) is 0 Å². The first-order valence-corrected chi connectivity index (χ1v) is 13.0. The molecule has 180 valence electrons. The molecule has 0 spiro atoms. The number of aromatic amines is 1. The summed E-state index contributed by atoms with van der Waals surface area (Å²) in [6.45, 7) is 3.82. The fourth-order valence-electron chi connectivity index (χ4n) is 5.10. The highest BCUT2D eigenvalue weighted by molar-refractivity contribution is 7.93. The van der Waals surface area contributed by atoms with Gasteiger partial charge in [-0.1, -0.05) is 12.8 Å². The highest BCUT2D eigenvalue weighted by atomic mass is 32.2. The van der Waals surface area contributed by atoms with Crippen molar-refractivity contribution in [1.29, 1.82) is 0 Å². The molecular weight excluding hydrogens is 454 g/mol. The molecule has 1 fully saturated rings. The van der Waals surface area contributed by atoms with Gasteiger partial charge in [-0.3, -0.25) is 9.79 Å². The number of pyridine rings is 1. The molecule has 2 aliphatic heterocycles. The Bertz CT molecular complexity index is 1380. The lowest BCUT2D eigenvalue weighted by atomic mass is 9.82. The average Bonchev–Trinajstić information content (AvgIpc) is 3.62. The fourth-order valence-corrected chi connectivity index (χ4v) is 6.81. The Balaban J connectivity index is 1.49. The third-order valence-electron chi connectivity index (χ3n) is 7.27. The Labute approximate surface area is 198 Å². The van der Waals surface area contributed by atoms with Crippen LogP contribution in [0.25, 0.3) is 0 Å². The Morgan fingerprint density at radius 1 is 1.26 bits per heavy atom. The number of aromatic nitrogens is 1. The summed E-state index contributed by atoms with van der Waals surface area (Å²) in [7, 11) is -3.67. The van der Waals surface area contributed by atoms with Crippen LogP contribution in [0.15, 0.2) is 50.1 Å². The number of nitrogens with one attached hydrogen (secondary N) is 2. The third-order valence-corrected chi connectivity index (χ3v) is 9.83. The van der Waals surface area contributed by atoms with E-state index < -0.39 is 20.7 Å². The van der Waals surface area contributed by atoms with Crippen molar-refractivity contribution >= 4 is 32.8 Å². The summed E-state index contributed by atoms with van der Waals surface area (Å²) < 4.78 is 24.2. The van der Waals surface area contributed by atoms with Crippen LogP contribution in [0, 0.1) is 5.92 Å². The van der Waals surface area contributed by atoms with Gasteiger partial charge >= 0.3 is 0 Å². The number of benzene rings is 1. The van der Waals surface area contributed by atoms with Crippen LogP contribution in [0.2, 0.25) is 0 Å². The van der Waals surface area contributed by atoms with Gasteiger partial charge in [-0.05, 0) is 51.0 Å². The summed E-state index contributed by atoms with van der Waals surface area (Å²) in [5.41, 5.74) is 8.67. The van der Waals surface area contributed by atoms with Gasteiger partial charge < -0.3 is 21.1 Å². The van der Waals surface area contributed by atoms with Gasteiger partial charge in [0.25, 0.3) is 5.56 Å². The Kier molecular flexibility index (Phi) is 5.40. The molecule has 3 atom stereocenters. The molecule has 1 saturated carbocycles. The van der Waals surface area contributed by atoms with Crippen molar-refractivity contribution in [2.45, 2.75) is 61.3 Å². The molecule has 5 rings (SSSR count). The number of nitrogens with zero attached hydrogens (tertiary/aromatic N) is 2. The van der Waals surface area contributed by atoms with Crippen molar-refractivity contribution in [3.05, 3.63) is 51.9 Å². The van der Waals surface area contributed by atoms with Crippen LogP contribution >= 0.6 is 0 Å². The lowest BCUT2D eigenvalue weighted by Crippen LogP contribution is -2.37. The first-order valence-electron chi connectivity index (χ1n) is 11.5. The van der Waals surface area contributed by atoms with Crippen molar-refractivity contribution in [2.75, 3.05) is 11.9 Å². The molecule has 3 aliphatic rings. The van der Waals surface area contributed by atoms with E-state index in [0.717, 1.165) is 25.8 Å². The zero-order valence-corrected chi connectivity index (χ0v) is 20.0.